The van der Waals surface area contributed by atoms with Crippen LogP contribution in [0.2, 0.25) is 5.02 Å². The molecule has 9 heteroatoms. The minimum absolute atomic E-state index is 0.00875. The van der Waals surface area contributed by atoms with Crippen LogP contribution in [0.25, 0.3) is 0 Å². The number of nitro groups is 1. The summed E-state index contributed by atoms with van der Waals surface area (Å²) in [4.78, 5) is 35.9. The Morgan fingerprint density at radius 3 is 2.84 bits per heavy atom. The van der Waals surface area contributed by atoms with E-state index in [4.69, 9.17) is 16.3 Å². The summed E-state index contributed by atoms with van der Waals surface area (Å²) in [7, 11) is 0. The van der Waals surface area contributed by atoms with Gasteiger partial charge in [-0.2, -0.15) is 0 Å². The molecule has 0 fully saturated rings. The highest BCUT2D eigenvalue weighted by atomic mass is 35.5. The van der Waals surface area contributed by atoms with Gasteiger partial charge < -0.3 is 10.1 Å². The first-order valence-corrected chi connectivity index (χ1v) is 8.66. The maximum Gasteiger partial charge on any atom is 0.348 e. The fourth-order valence-corrected chi connectivity index (χ4v) is 3.89. The van der Waals surface area contributed by atoms with Crippen LogP contribution in [0.15, 0.2) is 24.3 Å². The Morgan fingerprint density at radius 2 is 2.12 bits per heavy atom. The van der Waals surface area contributed by atoms with E-state index in [1.54, 1.807) is 6.07 Å². The number of benzene rings is 1. The van der Waals surface area contributed by atoms with Gasteiger partial charge in [0.15, 0.2) is 6.61 Å². The summed E-state index contributed by atoms with van der Waals surface area (Å²) in [5.41, 5.74) is 0.825. The number of esters is 1. The number of thiophene rings is 1. The van der Waals surface area contributed by atoms with Gasteiger partial charge in [0.25, 0.3) is 11.6 Å². The number of hydrogen-bond acceptors (Lipinski definition) is 6. The summed E-state index contributed by atoms with van der Waals surface area (Å²) in [5, 5.41) is 13.5. The highest BCUT2D eigenvalue weighted by Crippen LogP contribution is 2.31. The quantitative estimate of drug-likeness (QED) is 0.485. The molecule has 1 N–H and O–H groups in total. The van der Waals surface area contributed by atoms with Crippen LogP contribution >= 0.6 is 22.9 Å². The first-order chi connectivity index (χ1) is 11.9. The van der Waals surface area contributed by atoms with Crippen molar-refractivity contribution in [3.05, 3.63) is 54.7 Å². The van der Waals surface area contributed by atoms with E-state index in [0.29, 0.717) is 4.88 Å². The molecule has 0 aliphatic heterocycles. The summed E-state index contributed by atoms with van der Waals surface area (Å²) in [6, 6.07) is 5.68. The minimum Gasteiger partial charge on any atom is -0.451 e. The zero-order chi connectivity index (χ0) is 18.0. The molecule has 1 aliphatic rings. The van der Waals surface area contributed by atoms with Crippen molar-refractivity contribution in [3.63, 3.8) is 0 Å². The number of amides is 1. The Labute approximate surface area is 151 Å². The maximum atomic E-state index is 12.0. The van der Waals surface area contributed by atoms with Crippen LogP contribution in [0.3, 0.4) is 0 Å². The van der Waals surface area contributed by atoms with Crippen molar-refractivity contribution < 1.29 is 19.2 Å². The molecule has 1 aromatic carbocycles. The Morgan fingerprint density at radius 1 is 1.32 bits per heavy atom. The van der Waals surface area contributed by atoms with E-state index >= 15 is 0 Å². The SMILES string of the molecule is O=C(COC(=O)c1cc2c(s1)CCC2)Nc1ccc(Cl)cc1[N+](=O)[O-]. The molecular formula is C16H13ClN2O5S. The van der Waals surface area contributed by atoms with Crippen LogP contribution < -0.4 is 5.32 Å². The molecule has 0 saturated heterocycles. The first-order valence-electron chi connectivity index (χ1n) is 7.46. The number of hydrogen-bond donors (Lipinski definition) is 1. The number of nitrogens with zero attached hydrogens (tertiary/aromatic N) is 1. The second-order valence-electron chi connectivity index (χ2n) is 5.46. The molecule has 0 spiro atoms. The molecule has 1 amide bonds. The zero-order valence-corrected chi connectivity index (χ0v) is 14.5. The van der Waals surface area contributed by atoms with Crippen LogP contribution in [0, 0.1) is 10.1 Å². The number of ether oxygens (including phenoxy) is 1. The molecule has 0 bridgehead atoms. The summed E-state index contributed by atoms with van der Waals surface area (Å²) < 4.78 is 4.99. The average molecular weight is 381 g/mol. The number of nitrogens with one attached hydrogen (secondary N) is 1. The standard InChI is InChI=1S/C16H13ClN2O5S/c17-10-4-5-11(12(7-10)19(22)23)18-15(20)8-24-16(21)14-6-9-2-1-3-13(9)25-14/h4-7H,1-3,8H2,(H,18,20). The molecule has 130 valence electrons. The maximum absolute atomic E-state index is 12.0. The van der Waals surface area contributed by atoms with Gasteiger partial charge in [0.2, 0.25) is 0 Å². The average Bonchev–Trinajstić information content (AvgIpc) is 3.15. The number of carbonyl (C=O) groups excluding carboxylic acids is 2. The minimum atomic E-state index is -0.664. The van der Waals surface area contributed by atoms with Crippen molar-refractivity contribution in [2.24, 2.45) is 0 Å². The van der Waals surface area contributed by atoms with Gasteiger partial charge in [0, 0.05) is 16.0 Å². The molecule has 0 radical (unpaired) electrons. The molecule has 1 aromatic heterocycles. The van der Waals surface area contributed by atoms with E-state index in [0.717, 1.165) is 30.9 Å². The normalized spacial score (nSPS) is 12.5. The van der Waals surface area contributed by atoms with Gasteiger partial charge in [-0.15, -0.1) is 11.3 Å². The van der Waals surface area contributed by atoms with E-state index in [-0.39, 0.29) is 16.4 Å². The number of anilines is 1. The Balaban J connectivity index is 1.59. The van der Waals surface area contributed by atoms with Crippen LogP contribution in [0.5, 0.6) is 0 Å². The highest BCUT2D eigenvalue weighted by Gasteiger charge is 2.21. The number of halogens is 1. The highest BCUT2D eigenvalue weighted by molar-refractivity contribution is 7.14. The van der Waals surface area contributed by atoms with Crippen molar-refractivity contribution in [2.45, 2.75) is 19.3 Å². The van der Waals surface area contributed by atoms with Gasteiger partial charge in [-0.3, -0.25) is 14.9 Å². The lowest BCUT2D eigenvalue weighted by atomic mass is 10.2. The third-order valence-electron chi connectivity index (χ3n) is 3.71. The first kappa shape index (κ1) is 17.4. The second kappa shape index (κ2) is 7.20. The number of carbonyl (C=O) groups is 2. The predicted octanol–water partition coefficient (Wildman–Crippen LogP) is 3.59. The van der Waals surface area contributed by atoms with Crippen molar-refractivity contribution in [1.29, 1.82) is 0 Å². The van der Waals surface area contributed by atoms with E-state index in [1.165, 1.54) is 28.3 Å². The summed E-state index contributed by atoms with van der Waals surface area (Å²) in [6.45, 7) is -0.527. The van der Waals surface area contributed by atoms with Crippen molar-refractivity contribution in [3.8, 4) is 0 Å². The zero-order valence-electron chi connectivity index (χ0n) is 12.9. The van der Waals surface area contributed by atoms with Crippen molar-refractivity contribution in [1.82, 2.24) is 0 Å². The molecule has 7 nitrogen and oxygen atoms in total. The van der Waals surface area contributed by atoms with Crippen LogP contribution in [-0.4, -0.2) is 23.4 Å². The van der Waals surface area contributed by atoms with Gasteiger partial charge >= 0.3 is 5.97 Å². The van der Waals surface area contributed by atoms with Gasteiger partial charge in [-0.1, -0.05) is 11.6 Å². The van der Waals surface area contributed by atoms with Gasteiger partial charge in [0.05, 0.1) is 4.92 Å². The van der Waals surface area contributed by atoms with Crippen LogP contribution in [0.4, 0.5) is 11.4 Å². The summed E-state index contributed by atoms with van der Waals surface area (Å²) >= 11 is 7.10. The summed E-state index contributed by atoms with van der Waals surface area (Å²) in [5.74, 6) is -1.23. The Hall–Kier alpha value is -2.45. The van der Waals surface area contributed by atoms with Gasteiger partial charge in [-0.05, 0) is 43.0 Å². The molecular weight excluding hydrogens is 368 g/mol. The third-order valence-corrected chi connectivity index (χ3v) is 5.16. The lowest BCUT2D eigenvalue weighted by molar-refractivity contribution is -0.383. The van der Waals surface area contributed by atoms with E-state index in [9.17, 15) is 19.7 Å². The fraction of sp³-hybridized carbons (Fsp3) is 0.250. The molecule has 25 heavy (non-hydrogen) atoms. The van der Waals surface area contributed by atoms with Crippen molar-refractivity contribution >= 4 is 46.2 Å². The molecule has 1 aliphatic carbocycles. The fourth-order valence-electron chi connectivity index (χ4n) is 2.58. The molecule has 3 rings (SSSR count). The van der Waals surface area contributed by atoms with E-state index in [1.807, 2.05) is 0 Å². The molecule has 2 aromatic rings. The Bertz CT molecular complexity index is 843. The molecule has 1 heterocycles. The summed E-state index contributed by atoms with van der Waals surface area (Å²) in [6.07, 6.45) is 3.02. The Kier molecular flexibility index (Phi) is 5.00. The largest absolute Gasteiger partial charge is 0.451 e. The number of fused-ring (bicyclic) bond motifs is 1. The number of rotatable bonds is 5. The lowest BCUT2D eigenvalue weighted by Crippen LogP contribution is -2.21. The van der Waals surface area contributed by atoms with E-state index < -0.39 is 23.4 Å². The van der Waals surface area contributed by atoms with E-state index in [2.05, 4.69) is 5.32 Å². The van der Waals surface area contributed by atoms with Crippen LogP contribution in [0.1, 0.15) is 26.5 Å². The molecule has 0 atom stereocenters. The number of aryl methyl sites for hydroxylation is 2. The molecule has 0 saturated carbocycles. The lowest BCUT2D eigenvalue weighted by Gasteiger charge is -2.07. The van der Waals surface area contributed by atoms with Crippen molar-refractivity contribution in [2.75, 3.05) is 11.9 Å². The van der Waals surface area contributed by atoms with Gasteiger partial charge in [-0.25, -0.2) is 4.79 Å². The third kappa shape index (κ3) is 3.97. The number of nitro benzene ring substituents is 1. The monoisotopic (exact) mass is 380 g/mol. The second-order valence-corrected chi connectivity index (χ2v) is 7.03. The van der Waals surface area contributed by atoms with Crippen LogP contribution in [-0.2, 0) is 22.4 Å². The molecule has 0 unspecified atom stereocenters. The topological polar surface area (TPSA) is 98.5 Å². The smallest absolute Gasteiger partial charge is 0.348 e. The van der Waals surface area contributed by atoms with Gasteiger partial charge in [0.1, 0.15) is 10.6 Å². The predicted molar refractivity (Wildman–Crippen MR) is 93.4 cm³/mol.